The predicted molar refractivity (Wildman–Crippen MR) is 109 cm³/mol. The summed E-state index contributed by atoms with van der Waals surface area (Å²) in [6.45, 7) is 0.442. The van der Waals surface area contributed by atoms with E-state index >= 15 is 0 Å². The predicted octanol–water partition coefficient (Wildman–Crippen LogP) is 3.32. The second-order valence-electron chi connectivity index (χ2n) is 7.38. The molecule has 1 fully saturated rings. The number of amides is 1. The molecule has 30 heavy (non-hydrogen) atoms. The third-order valence-corrected chi connectivity index (χ3v) is 5.92. The van der Waals surface area contributed by atoms with Crippen molar-refractivity contribution in [2.24, 2.45) is 0 Å². The number of sulfonamides is 1. The van der Waals surface area contributed by atoms with E-state index in [0.29, 0.717) is 31.4 Å². The number of nitrogens with one attached hydrogen (secondary N) is 1. The molecule has 0 spiro atoms. The first-order chi connectivity index (χ1) is 14.2. The molecule has 2 aromatic carbocycles. The zero-order chi connectivity index (χ0) is 21.9. The SMILES string of the molecule is COC(=O)N1CCCC(NS(C)(=O)=O)C1Cc1cccc(-c2cccc(F)c2F)c1. The molecule has 2 unspecified atom stereocenters. The van der Waals surface area contributed by atoms with E-state index in [0.717, 1.165) is 17.9 Å². The molecule has 162 valence electrons. The van der Waals surface area contributed by atoms with Crippen molar-refractivity contribution in [3.05, 3.63) is 59.7 Å². The Morgan fingerprint density at radius 1 is 1.23 bits per heavy atom. The van der Waals surface area contributed by atoms with Gasteiger partial charge < -0.3 is 9.64 Å². The van der Waals surface area contributed by atoms with Crippen molar-refractivity contribution in [2.75, 3.05) is 19.9 Å². The number of ether oxygens (including phenoxy) is 1. The number of piperidine rings is 1. The van der Waals surface area contributed by atoms with Gasteiger partial charge >= 0.3 is 6.09 Å². The number of benzene rings is 2. The Kier molecular flexibility index (Phi) is 6.72. The second kappa shape index (κ2) is 9.09. The largest absolute Gasteiger partial charge is 0.453 e. The first kappa shape index (κ1) is 22.2. The normalized spacial score (nSPS) is 19.5. The van der Waals surface area contributed by atoms with Crippen LogP contribution >= 0.6 is 0 Å². The molecule has 1 aliphatic heterocycles. The maximum absolute atomic E-state index is 14.2. The van der Waals surface area contributed by atoms with Crippen LogP contribution in [0.5, 0.6) is 0 Å². The van der Waals surface area contributed by atoms with Crippen LogP contribution in [0.15, 0.2) is 42.5 Å². The number of hydrogen-bond acceptors (Lipinski definition) is 4. The van der Waals surface area contributed by atoms with Crippen molar-refractivity contribution in [3.63, 3.8) is 0 Å². The summed E-state index contributed by atoms with van der Waals surface area (Å²) >= 11 is 0. The molecule has 1 saturated heterocycles. The van der Waals surface area contributed by atoms with Crippen molar-refractivity contribution >= 4 is 16.1 Å². The van der Waals surface area contributed by atoms with Crippen LogP contribution in [-0.2, 0) is 21.2 Å². The molecule has 1 amide bonds. The lowest BCUT2D eigenvalue weighted by Crippen LogP contribution is -2.57. The molecule has 1 N–H and O–H groups in total. The van der Waals surface area contributed by atoms with Gasteiger partial charge in [0.15, 0.2) is 11.6 Å². The highest BCUT2D eigenvalue weighted by molar-refractivity contribution is 7.88. The summed E-state index contributed by atoms with van der Waals surface area (Å²) in [5.74, 6) is -1.86. The van der Waals surface area contributed by atoms with Crippen LogP contribution < -0.4 is 4.72 Å². The van der Waals surface area contributed by atoms with Crippen molar-refractivity contribution in [2.45, 2.75) is 31.3 Å². The number of hydrogen-bond donors (Lipinski definition) is 1. The Balaban J connectivity index is 1.93. The molecule has 6 nitrogen and oxygen atoms in total. The fourth-order valence-electron chi connectivity index (χ4n) is 3.90. The highest BCUT2D eigenvalue weighted by Gasteiger charge is 2.36. The summed E-state index contributed by atoms with van der Waals surface area (Å²) in [5, 5.41) is 0. The molecular formula is C21H24F2N2O4S. The lowest BCUT2D eigenvalue weighted by molar-refractivity contribution is 0.0792. The first-order valence-corrected chi connectivity index (χ1v) is 11.4. The van der Waals surface area contributed by atoms with Crippen molar-refractivity contribution < 1.29 is 26.7 Å². The topological polar surface area (TPSA) is 75.7 Å². The Morgan fingerprint density at radius 2 is 1.97 bits per heavy atom. The summed E-state index contributed by atoms with van der Waals surface area (Å²) in [4.78, 5) is 13.8. The fourth-order valence-corrected chi connectivity index (χ4v) is 4.72. The number of carbonyl (C=O) groups excluding carboxylic acids is 1. The van der Waals surface area contributed by atoms with E-state index in [2.05, 4.69) is 4.72 Å². The van der Waals surface area contributed by atoms with Crippen molar-refractivity contribution in [1.29, 1.82) is 0 Å². The van der Waals surface area contributed by atoms with Crippen LogP contribution in [0.1, 0.15) is 18.4 Å². The van der Waals surface area contributed by atoms with E-state index in [4.69, 9.17) is 4.74 Å². The molecule has 0 aliphatic carbocycles. The number of methoxy groups -OCH3 is 1. The van der Waals surface area contributed by atoms with Gasteiger partial charge in [-0.25, -0.2) is 26.7 Å². The standard InChI is InChI=1S/C21H24F2N2O4S/c1-29-21(26)25-11-5-10-18(24-30(2,27)28)19(25)13-14-6-3-7-15(12-14)16-8-4-9-17(22)20(16)23/h3-4,6-9,12,18-19,24H,5,10-11,13H2,1-2H3. The van der Waals surface area contributed by atoms with E-state index in [1.165, 1.54) is 24.1 Å². The first-order valence-electron chi connectivity index (χ1n) is 9.55. The molecule has 0 bridgehead atoms. The summed E-state index contributed by atoms with van der Waals surface area (Å²) in [5.41, 5.74) is 1.39. The van der Waals surface area contributed by atoms with Gasteiger partial charge in [-0.1, -0.05) is 36.4 Å². The third kappa shape index (κ3) is 5.14. The minimum Gasteiger partial charge on any atom is -0.453 e. The third-order valence-electron chi connectivity index (χ3n) is 5.19. The number of rotatable bonds is 5. The molecule has 1 aliphatic rings. The van der Waals surface area contributed by atoms with Gasteiger partial charge in [-0.15, -0.1) is 0 Å². The van der Waals surface area contributed by atoms with Crippen LogP contribution in [0.3, 0.4) is 0 Å². The maximum atomic E-state index is 14.2. The molecule has 2 aromatic rings. The molecule has 0 aromatic heterocycles. The minimum absolute atomic E-state index is 0.135. The molecule has 1 heterocycles. The molecular weight excluding hydrogens is 414 g/mol. The number of likely N-dealkylation sites (tertiary alicyclic amines) is 1. The van der Waals surface area contributed by atoms with Gasteiger partial charge in [0.1, 0.15) is 0 Å². The molecule has 2 atom stereocenters. The van der Waals surface area contributed by atoms with Crippen LogP contribution in [0.4, 0.5) is 13.6 Å². The van der Waals surface area contributed by atoms with Gasteiger partial charge in [-0.05, 0) is 36.5 Å². The van der Waals surface area contributed by atoms with Gasteiger partial charge in [0.2, 0.25) is 10.0 Å². The smallest absolute Gasteiger partial charge is 0.409 e. The van der Waals surface area contributed by atoms with E-state index in [-0.39, 0.29) is 5.56 Å². The average Bonchev–Trinajstić information content (AvgIpc) is 2.70. The highest BCUT2D eigenvalue weighted by Crippen LogP contribution is 2.28. The maximum Gasteiger partial charge on any atom is 0.409 e. The van der Waals surface area contributed by atoms with E-state index in [9.17, 15) is 22.0 Å². The molecule has 0 saturated carbocycles. The number of nitrogens with zero attached hydrogens (tertiary/aromatic N) is 1. The lowest BCUT2D eigenvalue weighted by Gasteiger charge is -2.40. The van der Waals surface area contributed by atoms with E-state index < -0.39 is 39.8 Å². The Hall–Kier alpha value is -2.52. The Morgan fingerprint density at radius 3 is 2.67 bits per heavy atom. The quantitative estimate of drug-likeness (QED) is 0.777. The monoisotopic (exact) mass is 438 g/mol. The number of carbonyl (C=O) groups is 1. The van der Waals surface area contributed by atoms with Gasteiger partial charge in [-0.3, -0.25) is 0 Å². The number of halogens is 2. The molecule has 0 radical (unpaired) electrons. The zero-order valence-electron chi connectivity index (χ0n) is 16.8. The fraction of sp³-hybridized carbons (Fsp3) is 0.381. The van der Waals surface area contributed by atoms with E-state index in [1.807, 2.05) is 6.07 Å². The zero-order valence-corrected chi connectivity index (χ0v) is 17.6. The summed E-state index contributed by atoms with van der Waals surface area (Å²) < 4.78 is 59.0. The highest BCUT2D eigenvalue weighted by atomic mass is 32.2. The lowest BCUT2D eigenvalue weighted by atomic mass is 9.90. The van der Waals surface area contributed by atoms with Crippen LogP contribution in [-0.4, -0.2) is 51.4 Å². The van der Waals surface area contributed by atoms with Crippen LogP contribution in [0.25, 0.3) is 11.1 Å². The second-order valence-corrected chi connectivity index (χ2v) is 9.16. The van der Waals surface area contributed by atoms with Gasteiger partial charge in [0.25, 0.3) is 0 Å². The van der Waals surface area contributed by atoms with Crippen molar-refractivity contribution in [1.82, 2.24) is 9.62 Å². The van der Waals surface area contributed by atoms with Crippen LogP contribution in [0.2, 0.25) is 0 Å². The van der Waals surface area contributed by atoms with Gasteiger partial charge in [0, 0.05) is 18.2 Å². The van der Waals surface area contributed by atoms with Gasteiger partial charge in [0.05, 0.1) is 19.4 Å². The Labute approximate surface area is 174 Å². The van der Waals surface area contributed by atoms with Gasteiger partial charge in [-0.2, -0.15) is 0 Å². The molecule has 9 heteroatoms. The summed E-state index contributed by atoms with van der Waals surface area (Å²) in [6, 6.07) is 9.95. The summed E-state index contributed by atoms with van der Waals surface area (Å²) in [6.07, 6.45) is 2.07. The average molecular weight is 438 g/mol. The van der Waals surface area contributed by atoms with Crippen LogP contribution in [0, 0.1) is 11.6 Å². The minimum atomic E-state index is -3.49. The summed E-state index contributed by atoms with van der Waals surface area (Å²) in [7, 11) is -2.21. The van der Waals surface area contributed by atoms with Crippen molar-refractivity contribution in [3.8, 4) is 11.1 Å². The Bertz CT molecular complexity index is 1030. The van der Waals surface area contributed by atoms with E-state index in [1.54, 1.807) is 18.2 Å². The molecule has 3 rings (SSSR count).